The van der Waals surface area contributed by atoms with Crippen LogP contribution in [0.25, 0.3) is 0 Å². The van der Waals surface area contributed by atoms with Crippen LogP contribution in [0.2, 0.25) is 0 Å². The lowest BCUT2D eigenvalue weighted by Gasteiger charge is -2.13. The normalized spacial score (nSPS) is 10.0. The molecule has 15 heavy (non-hydrogen) atoms. The fourth-order valence-corrected chi connectivity index (χ4v) is 1.06. The zero-order valence-electron chi connectivity index (χ0n) is 8.76. The van der Waals surface area contributed by atoms with Crippen molar-refractivity contribution < 1.29 is 4.79 Å². The molecule has 1 heterocycles. The zero-order chi connectivity index (χ0) is 11.3. The smallest absolute Gasteiger partial charge is 0.244 e. The number of nitrogens with two attached hydrogens (primary N) is 1. The molecular formula is C9H15N5O. The molecule has 0 atom stereocenters. The number of amides is 1. The quantitative estimate of drug-likeness (QED) is 0.656. The lowest BCUT2D eigenvalue weighted by Crippen LogP contribution is -2.30. The van der Waals surface area contributed by atoms with Crippen LogP contribution in [0.1, 0.15) is 5.69 Å². The molecule has 2 N–H and O–H groups in total. The first-order chi connectivity index (χ1) is 7.17. The topological polar surface area (TPSA) is 77.0 Å². The molecule has 0 saturated heterocycles. The average molecular weight is 209 g/mol. The van der Waals surface area contributed by atoms with Crippen LogP contribution in [0.3, 0.4) is 0 Å². The van der Waals surface area contributed by atoms with Gasteiger partial charge in [0, 0.05) is 20.1 Å². The second-order valence-electron chi connectivity index (χ2n) is 3.17. The molecule has 1 aromatic rings. The first kappa shape index (κ1) is 11.4. The van der Waals surface area contributed by atoms with Gasteiger partial charge in [-0.25, -0.2) is 4.68 Å². The fraction of sp³-hybridized carbons (Fsp3) is 0.444. The third kappa shape index (κ3) is 3.17. The molecule has 0 aliphatic rings. The highest BCUT2D eigenvalue weighted by atomic mass is 16.2. The van der Waals surface area contributed by atoms with E-state index in [1.54, 1.807) is 24.2 Å². The van der Waals surface area contributed by atoms with Crippen molar-refractivity contribution >= 4 is 5.91 Å². The molecule has 6 nitrogen and oxygen atoms in total. The van der Waals surface area contributed by atoms with Gasteiger partial charge in [0.1, 0.15) is 6.54 Å². The minimum absolute atomic E-state index is 0.0385. The van der Waals surface area contributed by atoms with Crippen molar-refractivity contribution in [2.45, 2.75) is 13.1 Å². The third-order valence-corrected chi connectivity index (χ3v) is 1.92. The van der Waals surface area contributed by atoms with E-state index in [1.807, 2.05) is 0 Å². The van der Waals surface area contributed by atoms with E-state index in [9.17, 15) is 4.79 Å². The number of carbonyl (C=O) groups is 1. The summed E-state index contributed by atoms with van der Waals surface area (Å²) in [5, 5.41) is 7.57. The zero-order valence-corrected chi connectivity index (χ0v) is 8.76. The van der Waals surface area contributed by atoms with Crippen LogP contribution >= 0.6 is 0 Å². The first-order valence-corrected chi connectivity index (χ1v) is 4.61. The minimum Gasteiger partial charge on any atom is -0.340 e. The van der Waals surface area contributed by atoms with Crippen LogP contribution in [0.15, 0.2) is 18.9 Å². The van der Waals surface area contributed by atoms with E-state index >= 15 is 0 Å². The van der Waals surface area contributed by atoms with Crippen molar-refractivity contribution in [3.05, 3.63) is 24.5 Å². The monoisotopic (exact) mass is 209 g/mol. The number of aromatic nitrogens is 3. The van der Waals surface area contributed by atoms with Crippen molar-refractivity contribution in [2.75, 3.05) is 13.6 Å². The van der Waals surface area contributed by atoms with Gasteiger partial charge in [0.2, 0.25) is 5.91 Å². The molecule has 0 aliphatic heterocycles. The van der Waals surface area contributed by atoms with E-state index in [4.69, 9.17) is 5.73 Å². The fourth-order valence-electron chi connectivity index (χ4n) is 1.06. The highest BCUT2D eigenvalue weighted by Crippen LogP contribution is 1.93. The highest BCUT2D eigenvalue weighted by molar-refractivity contribution is 5.75. The van der Waals surface area contributed by atoms with E-state index in [-0.39, 0.29) is 12.5 Å². The maximum absolute atomic E-state index is 11.6. The van der Waals surface area contributed by atoms with E-state index in [1.165, 1.54) is 4.68 Å². The molecule has 0 bridgehead atoms. The maximum Gasteiger partial charge on any atom is 0.244 e. The Balaban J connectivity index is 2.53. The largest absolute Gasteiger partial charge is 0.340 e. The second-order valence-corrected chi connectivity index (χ2v) is 3.17. The number of carbonyl (C=O) groups excluding carboxylic acids is 1. The average Bonchev–Trinajstić information content (AvgIpc) is 2.66. The van der Waals surface area contributed by atoms with Crippen molar-refractivity contribution in [1.29, 1.82) is 0 Å². The van der Waals surface area contributed by atoms with Gasteiger partial charge in [-0.3, -0.25) is 4.79 Å². The van der Waals surface area contributed by atoms with Gasteiger partial charge in [-0.05, 0) is 0 Å². The Kier molecular flexibility index (Phi) is 3.99. The van der Waals surface area contributed by atoms with Crippen LogP contribution in [0, 0.1) is 0 Å². The Morgan fingerprint density at radius 2 is 2.53 bits per heavy atom. The second kappa shape index (κ2) is 5.26. The summed E-state index contributed by atoms with van der Waals surface area (Å²) in [6, 6.07) is 0. The molecule has 82 valence electrons. The molecule has 0 unspecified atom stereocenters. The van der Waals surface area contributed by atoms with E-state index < -0.39 is 0 Å². The maximum atomic E-state index is 11.6. The molecule has 0 fully saturated rings. The minimum atomic E-state index is -0.0385. The Bertz CT molecular complexity index is 346. The molecule has 0 spiro atoms. The number of nitrogens with zero attached hydrogens (tertiary/aromatic N) is 4. The lowest BCUT2D eigenvalue weighted by atomic mass is 10.4. The summed E-state index contributed by atoms with van der Waals surface area (Å²) in [5.41, 5.74) is 6.05. The van der Waals surface area contributed by atoms with Crippen LogP contribution in [0.5, 0.6) is 0 Å². The summed E-state index contributed by atoms with van der Waals surface area (Å²) < 4.78 is 1.48. The number of hydrogen-bond donors (Lipinski definition) is 1. The van der Waals surface area contributed by atoms with Crippen LogP contribution in [-0.4, -0.2) is 39.4 Å². The Hall–Kier alpha value is -1.69. The number of likely N-dealkylation sites (N-methyl/N-ethyl adjacent to an activating group) is 1. The SMILES string of the molecule is C=CCN(C)C(=O)Cn1cc(CN)nn1. The van der Waals surface area contributed by atoms with Gasteiger partial charge in [0.25, 0.3) is 0 Å². The van der Waals surface area contributed by atoms with Crippen molar-refractivity contribution in [3.8, 4) is 0 Å². The molecule has 1 amide bonds. The molecule has 0 saturated carbocycles. The molecule has 1 aromatic heterocycles. The third-order valence-electron chi connectivity index (χ3n) is 1.92. The lowest BCUT2D eigenvalue weighted by molar-refractivity contribution is -0.130. The van der Waals surface area contributed by atoms with Crippen molar-refractivity contribution in [2.24, 2.45) is 5.73 Å². The van der Waals surface area contributed by atoms with Crippen molar-refractivity contribution in [3.63, 3.8) is 0 Å². The summed E-state index contributed by atoms with van der Waals surface area (Å²) in [7, 11) is 1.71. The summed E-state index contributed by atoms with van der Waals surface area (Å²) in [4.78, 5) is 13.1. The molecule has 0 aromatic carbocycles. The van der Waals surface area contributed by atoms with Gasteiger partial charge in [0.05, 0.1) is 11.9 Å². The predicted octanol–water partition coefficient (Wildman–Crippen LogP) is -0.619. The van der Waals surface area contributed by atoms with Gasteiger partial charge in [-0.15, -0.1) is 11.7 Å². The Labute approximate surface area is 88.4 Å². The summed E-state index contributed by atoms with van der Waals surface area (Å²) >= 11 is 0. The summed E-state index contributed by atoms with van der Waals surface area (Å²) in [5.74, 6) is -0.0385. The Morgan fingerprint density at radius 3 is 3.07 bits per heavy atom. The van der Waals surface area contributed by atoms with E-state index in [0.717, 1.165) is 0 Å². The van der Waals surface area contributed by atoms with Crippen LogP contribution < -0.4 is 5.73 Å². The number of hydrogen-bond acceptors (Lipinski definition) is 4. The van der Waals surface area contributed by atoms with Gasteiger partial charge >= 0.3 is 0 Å². The van der Waals surface area contributed by atoms with E-state index in [2.05, 4.69) is 16.9 Å². The van der Waals surface area contributed by atoms with Gasteiger partial charge in [-0.2, -0.15) is 0 Å². The van der Waals surface area contributed by atoms with Gasteiger partial charge in [0.15, 0.2) is 0 Å². The summed E-state index contributed by atoms with van der Waals surface area (Å²) in [6.07, 6.45) is 3.34. The molecule has 0 aliphatic carbocycles. The van der Waals surface area contributed by atoms with Crippen LogP contribution in [-0.2, 0) is 17.9 Å². The summed E-state index contributed by atoms with van der Waals surface area (Å²) in [6.45, 7) is 4.60. The predicted molar refractivity (Wildman–Crippen MR) is 55.7 cm³/mol. The van der Waals surface area contributed by atoms with Gasteiger partial charge < -0.3 is 10.6 Å². The highest BCUT2D eigenvalue weighted by Gasteiger charge is 2.09. The van der Waals surface area contributed by atoms with E-state index in [0.29, 0.717) is 18.8 Å². The molecule has 0 radical (unpaired) electrons. The number of rotatable bonds is 5. The van der Waals surface area contributed by atoms with Crippen molar-refractivity contribution in [1.82, 2.24) is 19.9 Å². The first-order valence-electron chi connectivity index (χ1n) is 4.61. The molecular weight excluding hydrogens is 194 g/mol. The van der Waals surface area contributed by atoms with Gasteiger partial charge in [-0.1, -0.05) is 11.3 Å². The van der Waals surface area contributed by atoms with Crippen LogP contribution in [0.4, 0.5) is 0 Å². The Morgan fingerprint density at radius 1 is 1.80 bits per heavy atom. The molecule has 1 rings (SSSR count). The standard InChI is InChI=1S/C9H15N5O/c1-3-4-13(2)9(15)7-14-6-8(5-10)11-12-14/h3,6H,1,4-5,7,10H2,2H3. The molecule has 6 heteroatoms.